The number of aromatic nitrogens is 1. The molecule has 0 radical (unpaired) electrons. The van der Waals surface area contributed by atoms with E-state index in [-0.39, 0.29) is 11.8 Å². The number of nitrogens with one attached hydrogen (secondary N) is 2. The summed E-state index contributed by atoms with van der Waals surface area (Å²) in [5, 5.41) is 8.75. The van der Waals surface area contributed by atoms with Crippen LogP contribution in [-0.2, 0) is 4.79 Å². The number of carbonyl (C=O) groups excluding carboxylic acids is 1. The zero-order valence-electron chi connectivity index (χ0n) is 12.0. The lowest BCUT2D eigenvalue weighted by molar-refractivity contribution is -0.123. The second-order valence-electron chi connectivity index (χ2n) is 5.33. The predicted octanol–water partition coefficient (Wildman–Crippen LogP) is 3.81. The molecule has 2 aromatic rings. The summed E-state index contributed by atoms with van der Waals surface area (Å²) in [6.07, 6.45) is 4.18. The lowest BCUT2D eigenvalue weighted by atomic mass is 10.1. The first-order chi connectivity index (χ1) is 10.7. The Balaban J connectivity index is 1.58. The zero-order chi connectivity index (χ0) is 15.4. The number of benzene rings is 1. The van der Waals surface area contributed by atoms with Crippen molar-refractivity contribution in [3.63, 3.8) is 0 Å². The Kier molecular flexibility index (Phi) is 4.80. The number of amides is 1. The summed E-state index contributed by atoms with van der Waals surface area (Å²) in [5.74, 6) is 0.130. The van der Waals surface area contributed by atoms with Crippen molar-refractivity contribution in [1.29, 1.82) is 0 Å². The van der Waals surface area contributed by atoms with Crippen LogP contribution in [0.4, 0.5) is 5.13 Å². The minimum absolute atomic E-state index is 0.0230. The van der Waals surface area contributed by atoms with Gasteiger partial charge in [-0.25, -0.2) is 4.98 Å². The van der Waals surface area contributed by atoms with E-state index < -0.39 is 0 Å². The molecular formula is C16H17N3OS2. The molecule has 4 nitrogen and oxygen atoms in total. The number of thiazole rings is 1. The van der Waals surface area contributed by atoms with E-state index in [0.717, 1.165) is 36.9 Å². The van der Waals surface area contributed by atoms with Gasteiger partial charge in [-0.3, -0.25) is 4.79 Å². The van der Waals surface area contributed by atoms with E-state index in [1.54, 1.807) is 0 Å². The highest BCUT2D eigenvalue weighted by atomic mass is 32.1. The number of rotatable bonds is 3. The molecule has 1 aromatic heterocycles. The minimum Gasteiger partial charge on any atom is -0.308 e. The second kappa shape index (κ2) is 6.98. The fourth-order valence-corrected chi connectivity index (χ4v) is 3.59. The Morgan fingerprint density at radius 1 is 1.23 bits per heavy atom. The highest BCUT2D eigenvalue weighted by molar-refractivity contribution is 7.80. The molecule has 1 aliphatic carbocycles. The topological polar surface area (TPSA) is 54.0 Å². The molecule has 1 heterocycles. The van der Waals surface area contributed by atoms with E-state index in [9.17, 15) is 4.79 Å². The molecule has 0 bridgehead atoms. The normalized spacial score (nSPS) is 14.7. The van der Waals surface area contributed by atoms with Crippen LogP contribution in [0.1, 0.15) is 25.7 Å². The van der Waals surface area contributed by atoms with Crippen molar-refractivity contribution < 1.29 is 4.79 Å². The third kappa shape index (κ3) is 3.69. The maximum Gasteiger partial charge on any atom is 0.229 e. The van der Waals surface area contributed by atoms with Crippen molar-refractivity contribution in [2.24, 2.45) is 5.92 Å². The maximum absolute atomic E-state index is 12.0. The molecule has 1 amide bonds. The van der Waals surface area contributed by atoms with E-state index in [2.05, 4.69) is 15.6 Å². The van der Waals surface area contributed by atoms with E-state index in [1.807, 2.05) is 35.7 Å². The Morgan fingerprint density at radius 2 is 1.95 bits per heavy atom. The van der Waals surface area contributed by atoms with Crippen LogP contribution in [0.5, 0.6) is 0 Å². The molecule has 2 N–H and O–H groups in total. The van der Waals surface area contributed by atoms with Gasteiger partial charge in [0.15, 0.2) is 10.2 Å². The smallest absolute Gasteiger partial charge is 0.229 e. The van der Waals surface area contributed by atoms with Crippen molar-refractivity contribution in [3.8, 4) is 11.3 Å². The van der Waals surface area contributed by atoms with Gasteiger partial charge >= 0.3 is 0 Å². The number of nitrogens with zero attached hydrogens (tertiary/aromatic N) is 1. The Labute approximate surface area is 139 Å². The predicted molar refractivity (Wildman–Crippen MR) is 93.9 cm³/mol. The molecule has 114 valence electrons. The van der Waals surface area contributed by atoms with Crippen LogP contribution in [0.25, 0.3) is 11.3 Å². The number of carbonyl (C=O) groups is 1. The quantitative estimate of drug-likeness (QED) is 0.840. The third-order valence-electron chi connectivity index (χ3n) is 3.76. The van der Waals surface area contributed by atoms with Gasteiger partial charge in [-0.1, -0.05) is 43.2 Å². The summed E-state index contributed by atoms with van der Waals surface area (Å²) in [7, 11) is 0. The fourth-order valence-electron chi connectivity index (χ4n) is 2.60. The van der Waals surface area contributed by atoms with E-state index in [1.165, 1.54) is 11.3 Å². The van der Waals surface area contributed by atoms with Gasteiger partial charge in [0, 0.05) is 16.9 Å². The molecule has 0 saturated heterocycles. The molecule has 0 spiro atoms. The van der Waals surface area contributed by atoms with Gasteiger partial charge < -0.3 is 10.6 Å². The Bertz CT molecular complexity index is 663. The molecule has 22 heavy (non-hydrogen) atoms. The molecule has 1 saturated carbocycles. The summed E-state index contributed by atoms with van der Waals surface area (Å²) in [6.45, 7) is 0. The van der Waals surface area contributed by atoms with Crippen LogP contribution < -0.4 is 10.6 Å². The lowest BCUT2D eigenvalue weighted by Crippen LogP contribution is -2.37. The molecule has 1 aromatic carbocycles. The van der Waals surface area contributed by atoms with Crippen LogP contribution in [-0.4, -0.2) is 16.0 Å². The van der Waals surface area contributed by atoms with Gasteiger partial charge in [0.05, 0.1) is 5.69 Å². The van der Waals surface area contributed by atoms with Crippen LogP contribution >= 0.6 is 23.6 Å². The van der Waals surface area contributed by atoms with E-state index in [0.29, 0.717) is 10.2 Å². The van der Waals surface area contributed by atoms with Crippen molar-refractivity contribution in [2.45, 2.75) is 25.7 Å². The Morgan fingerprint density at radius 3 is 2.68 bits per heavy atom. The third-order valence-corrected chi connectivity index (χ3v) is 4.72. The second-order valence-corrected chi connectivity index (χ2v) is 6.60. The van der Waals surface area contributed by atoms with Crippen LogP contribution in [0.15, 0.2) is 35.7 Å². The average Bonchev–Trinajstić information content (AvgIpc) is 3.19. The zero-order valence-corrected chi connectivity index (χ0v) is 13.7. The summed E-state index contributed by atoms with van der Waals surface area (Å²) >= 11 is 6.67. The lowest BCUT2D eigenvalue weighted by Gasteiger charge is -2.11. The van der Waals surface area contributed by atoms with Crippen LogP contribution in [0, 0.1) is 5.92 Å². The highest BCUT2D eigenvalue weighted by Gasteiger charge is 2.23. The molecule has 0 aliphatic heterocycles. The number of hydrogen-bond donors (Lipinski definition) is 2. The summed E-state index contributed by atoms with van der Waals surface area (Å²) < 4.78 is 0. The molecule has 3 rings (SSSR count). The van der Waals surface area contributed by atoms with E-state index in [4.69, 9.17) is 12.2 Å². The van der Waals surface area contributed by atoms with Gasteiger partial charge in [0.1, 0.15) is 0 Å². The molecule has 0 unspecified atom stereocenters. The molecule has 6 heteroatoms. The summed E-state index contributed by atoms with van der Waals surface area (Å²) in [6, 6.07) is 9.96. The fraction of sp³-hybridized carbons (Fsp3) is 0.312. The van der Waals surface area contributed by atoms with Crippen LogP contribution in [0.2, 0.25) is 0 Å². The van der Waals surface area contributed by atoms with Gasteiger partial charge in [0.25, 0.3) is 0 Å². The van der Waals surface area contributed by atoms with Gasteiger partial charge in [-0.2, -0.15) is 0 Å². The first-order valence-corrected chi connectivity index (χ1v) is 8.64. The van der Waals surface area contributed by atoms with Crippen LogP contribution in [0.3, 0.4) is 0 Å². The van der Waals surface area contributed by atoms with Crippen molar-refractivity contribution >= 4 is 39.7 Å². The SMILES string of the molecule is O=C(NC(=S)Nc1nc(-c2ccccc2)cs1)C1CCCC1. The van der Waals surface area contributed by atoms with Gasteiger partial charge in [0.2, 0.25) is 5.91 Å². The Hall–Kier alpha value is -1.79. The van der Waals surface area contributed by atoms with Crippen molar-refractivity contribution in [1.82, 2.24) is 10.3 Å². The largest absolute Gasteiger partial charge is 0.308 e. The summed E-state index contributed by atoms with van der Waals surface area (Å²) in [5.41, 5.74) is 1.96. The first kappa shape index (κ1) is 15.1. The van der Waals surface area contributed by atoms with Gasteiger partial charge in [-0.05, 0) is 25.1 Å². The highest BCUT2D eigenvalue weighted by Crippen LogP contribution is 2.26. The summed E-state index contributed by atoms with van der Waals surface area (Å²) in [4.78, 5) is 16.5. The van der Waals surface area contributed by atoms with Crippen molar-refractivity contribution in [3.05, 3.63) is 35.7 Å². The average molecular weight is 331 g/mol. The number of thiocarbonyl (C=S) groups is 1. The number of anilines is 1. The standard InChI is InChI=1S/C16H17N3OS2/c20-14(12-8-4-5-9-12)18-15(21)19-16-17-13(10-22-16)11-6-2-1-3-7-11/h1-3,6-7,10,12H,4-5,8-9H2,(H2,17,18,19,20,21). The van der Waals surface area contributed by atoms with Gasteiger partial charge in [-0.15, -0.1) is 11.3 Å². The molecule has 0 atom stereocenters. The molecular weight excluding hydrogens is 314 g/mol. The first-order valence-electron chi connectivity index (χ1n) is 7.35. The number of hydrogen-bond acceptors (Lipinski definition) is 4. The maximum atomic E-state index is 12.0. The monoisotopic (exact) mass is 331 g/mol. The minimum atomic E-state index is 0.0230. The molecule has 1 fully saturated rings. The van der Waals surface area contributed by atoms with E-state index >= 15 is 0 Å². The molecule has 1 aliphatic rings. The van der Waals surface area contributed by atoms with Crippen molar-refractivity contribution in [2.75, 3.05) is 5.32 Å².